The summed E-state index contributed by atoms with van der Waals surface area (Å²) in [5.74, 6) is 1.49. The van der Waals surface area contributed by atoms with E-state index in [4.69, 9.17) is 4.74 Å². The standard InChI is InChI=1S/C20H24N4O2/c1-14-10-22-24(12-14)13-20(25)23-7-5-15(6-8-23)18-11-21-19-4-3-16(26-2)9-17(18)19/h3-4,9-12,15,21H,5-8,13H2,1-2H3. The molecule has 0 radical (unpaired) electrons. The molecule has 0 spiro atoms. The van der Waals surface area contributed by atoms with Crippen LogP contribution in [0.5, 0.6) is 5.75 Å². The molecule has 1 aliphatic heterocycles. The largest absolute Gasteiger partial charge is 0.497 e. The zero-order valence-electron chi connectivity index (χ0n) is 15.2. The minimum absolute atomic E-state index is 0.146. The molecule has 0 aliphatic carbocycles. The van der Waals surface area contributed by atoms with E-state index in [1.807, 2.05) is 24.1 Å². The smallest absolute Gasteiger partial charge is 0.244 e. The monoisotopic (exact) mass is 352 g/mol. The van der Waals surface area contributed by atoms with E-state index in [0.29, 0.717) is 12.5 Å². The van der Waals surface area contributed by atoms with Crippen LogP contribution in [0.15, 0.2) is 36.8 Å². The number of amides is 1. The van der Waals surface area contributed by atoms with Crippen molar-refractivity contribution >= 4 is 16.8 Å². The van der Waals surface area contributed by atoms with Crippen LogP contribution < -0.4 is 4.74 Å². The average Bonchev–Trinajstić information content (AvgIpc) is 3.27. The van der Waals surface area contributed by atoms with Crippen molar-refractivity contribution in [2.45, 2.75) is 32.2 Å². The number of nitrogens with one attached hydrogen (secondary N) is 1. The van der Waals surface area contributed by atoms with Crippen LogP contribution in [0.2, 0.25) is 0 Å². The lowest BCUT2D eigenvalue weighted by Gasteiger charge is -2.32. The summed E-state index contributed by atoms with van der Waals surface area (Å²) in [5.41, 5.74) is 3.54. The highest BCUT2D eigenvalue weighted by Gasteiger charge is 2.25. The van der Waals surface area contributed by atoms with Crippen molar-refractivity contribution < 1.29 is 9.53 Å². The van der Waals surface area contributed by atoms with Gasteiger partial charge in [0, 0.05) is 36.4 Å². The number of hydrogen-bond acceptors (Lipinski definition) is 3. The van der Waals surface area contributed by atoms with Crippen LogP contribution in [0.4, 0.5) is 0 Å². The Balaban J connectivity index is 1.42. The number of H-pyrrole nitrogens is 1. The number of likely N-dealkylation sites (tertiary alicyclic amines) is 1. The molecule has 136 valence electrons. The Hall–Kier alpha value is -2.76. The van der Waals surface area contributed by atoms with Crippen molar-refractivity contribution in [2.24, 2.45) is 0 Å². The Labute approximate surface area is 152 Å². The van der Waals surface area contributed by atoms with Gasteiger partial charge in [-0.2, -0.15) is 5.10 Å². The third-order valence-electron chi connectivity index (χ3n) is 5.27. The highest BCUT2D eigenvalue weighted by Crippen LogP contribution is 2.34. The van der Waals surface area contributed by atoms with Crippen LogP contribution in [0.3, 0.4) is 0 Å². The molecular formula is C20H24N4O2. The lowest BCUT2D eigenvalue weighted by atomic mass is 9.89. The van der Waals surface area contributed by atoms with Crippen molar-refractivity contribution in [3.8, 4) is 5.75 Å². The van der Waals surface area contributed by atoms with E-state index in [-0.39, 0.29) is 5.91 Å². The van der Waals surface area contributed by atoms with E-state index in [9.17, 15) is 4.79 Å². The topological polar surface area (TPSA) is 63.1 Å². The molecular weight excluding hydrogens is 328 g/mol. The summed E-state index contributed by atoms with van der Waals surface area (Å²) in [7, 11) is 1.69. The number of aromatic amines is 1. The molecule has 1 aromatic carbocycles. The third kappa shape index (κ3) is 3.19. The lowest BCUT2D eigenvalue weighted by Crippen LogP contribution is -2.39. The van der Waals surface area contributed by atoms with E-state index in [0.717, 1.165) is 42.8 Å². The molecule has 0 saturated carbocycles. The van der Waals surface area contributed by atoms with Crippen molar-refractivity contribution in [1.29, 1.82) is 0 Å². The summed E-state index contributed by atoms with van der Waals surface area (Å²) < 4.78 is 7.08. The molecule has 0 bridgehead atoms. The van der Waals surface area contributed by atoms with Crippen molar-refractivity contribution in [1.82, 2.24) is 19.7 Å². The molecule has 6 heteroatoms. The maximum atomic E-state index is 12.5. The number of carbonyl (C=O) groups excluding carboxylic acids is 1. The van der Waals surface area contributed by atoms with Gasteiger partial charge in [-0.25, -0.2) is 0 Å². The number of ether oxygens (including phenoxy) is 1. The summed E-state index contributed by atoms with van der Waals surface area (Å²) in [6, 6.07) is 6.13. The molecule has 1 amide bonds. The number of piperidine rings is 1. The Morgan fingerprint density at radius 3 is 2.85 bits per heavy atom. The van der Waals surface area contributed by atoms with Gasteiger partial charge in [0.2, 0.25) is 5.91 Å². The second-order valence-corrected chi connectivity index (χ2v) is 7.03. The first-order chi connectivity index (χ1) is 12.6. The van der Waals surface area contributed by atoms with Gasteiger partial charge in [-0.15, -0.1) is 0 Å². The molecule has 3 heterocycles. The highest BCUT2D eigenvalue weighted by molar-refractivity contribution is 5.85. The fourth-order valence-corrected chi connectivity index (χ4v) is 3.82. The van der Waals surface area contributed by atoms with E-state index in [2.05, 4.69) is 28.4 Å². The molecule has 0 atom stereocenters. The number of aryl methyl sites for hydroxylation is 1. The van der Waals surface area contributed by atoms with E-state index in [1.165, 1.54) is 10.9 Å². The summed E-state index contributed by atoms with van der Waals surface area (Å²) >= 11 is 0. The van der Waals surface area contributed by atoms with E-state index >= 15 is 0 Å². The van der Waals surface area contributed by atoms with Gasteiger partial charge < -0.3 is 14.6 Å². The lowest BCUT2D eigenvalue weighted by molar-refractivity contribution is -0.133. The summed E-state index contributed by atoms with van der Waals surface area (Å²) in [6.45, 7) is 3.89. The third-order valence-corrected chi connectivity index (χ3v) is 5.27. The molecule has 2 aromatic heterocycles. The van der Waals surface area contributed by atoms with Crippen molar-refractivity contribution in [2.75, 3.05) is 20.2 Å². The molecule has 1 saturated heterocycles. The van der Waals surface area contributed by atoms with Crippen molar-refractivity contribution in [3.63, 3.8) is 0 Å². The SMILES string of the molecule is COc1ccc2[nH]cc(C3CCN(C(=O)Cn4cc(C)cn4)CC3)c2c1. The quantitative estimate of drug-likeness (QED) is 0.785. The second kappa shape index (κ2) is 6.86. The number of rotatable bonds is 4. The minimum atomic E-state index is 0.146. The van der Waals surface area contributed by atoms with Crippen LogP contribution in [-0.4, -0.2) is 45.8 Å². The molecule has 1 fully saturated rings. The van der Waals surface area contributed by atoms with Gasteiger partial charge in [0.05, 0.1) is 13.3 Å². The first kappa shape index (κ1) is 16.7. The van der Waals surface area contributed by atoms with Gasteiger partial charge in [0.1, 0.15) is 12.3 Å². The van der Waals surface area contributed by atoms with Gasteiger partial charge in [0.25, 0.3) is 0 Å². The highest BCUT2D eigenvalue weighted by atomic mass is 16.5. The molecule has 26 heavy (non-hydrogen) atoms. The predicted molar refractivity (Wildman–Crippen MR) is 100 cm³/mol. The molecule has 1 N–H and O–H groups in total. The van der Waals surface area contributed by atoms with Crippen LogP contribution in [0, 0.1) is 6.92 Å². The number of methoxy groups -OCH3 is 1. The van der Waals surface area contributed by atoms with E-state index in [1.54, 1.807) is 18.0 Å². The van der Waals surface area contributed by atoms with Crippen LogP contribution in [-0.2, 0) is 11.3 Å². The Morgan fingerprint density at radius 2 is 2.15 bits per heavy atom. The Bertz CT molecular complexity index is 919. The van der Waals surface area contributed by atoms with Gasteiger partial charge >= 0.3 is 0 Å². The minimum Gasteiger partial charge on any atom is -0.497 e. The first-order valence-electron chi connectivity index (χ1n) is 9.06. The Morgan fingerprint density at radius 1 is 1.35 bits per heavy atom. The average molecular weight is 352 g/mol. The maximum absolute atomic E-state index is 12.5. The number of hydrogen-bond donors (Lipinski definition) is 1. The molecule has 1 aliphatic rings. The number of carbonyl (C=O) groups is 1. The summed E-state index contributed by atoms with van der Waals surface area (Å²) in [4.78, 5) is 17.8. The fraction of sp³-hybridized carbons (Fsp3) is 0.400. The Kier molecular flexibility index (Phi) is 4.41. The molecule has 6 nitrogen and oxygen atoms in total. The number of nitrogens with zero attached hydrogens (tertiary/aromatic N) is 3. The first-order valence-corrected chi connectivity index (χ1v) is 9.06. The van der Waals surface area contributed by atoms with E-state index < -0.39 is 0 Å². The van der Waals surface area contributed by atoms with Crippen molar-refractivity contribution in [3.05, 3.63) is 47.9 Å². The summed E-state index contributed by atoms with van der Waals surface area (Å²) in [5, 5.41) is 5.43. The zero-order chi connectivity index (χ0) is 18.1. The number of fused-ring (bicyclic) bond motifs is 1. The van der Waals surface area contributed by atoms with Gasteiger partial charge in [-0.05, 0) is 55.0 Å². The number of benzene rings is 1. The predicted octanol–water partition coefficient (Wildman–Crippen LogP) is 3.09. The molecule has 3 aromatic rings. The van der Waals surface area contributed by atoms with Gasteiger partial charge in [-0.3, -0.25) is 9.48 Å². The summed E-state index contributed by atoms with van der Waals surface area (Å²) in [6.07, 6.45) is 7.76. The second-order valence-electron chi connectivity index (χ2n) is 7.03. The van der Waals surface area contributed by atoms with Gasteiger partial charge in [-0.1, -0.05) is 0 Å². The fourth-order valence-electron chi connectivity index (χ4n) is 3.82. The number of aromatic nitrogens is 3. The molecule has 4 rings (SSSR count). The zero-order valence-corrected chi connectivity index (χ0v) is 15.2. The van der Waals surface area contributed by atoms with Crippen LogP contribution in [0.25, 0.3) is 10.9 Å². The van der Waals surface area contributed by atoms with Crippen LogP contribution in [0.1, 0.15) is 29.9 Å². The molecule has 0 unspecified atom stereocenters. The maximum Gasteiger partial charge on any atom is 0.244 e. The van der Waals surface area contributed by atoms with Crippen LogP contribution >= 0.6 is 0 Å². The van der Waals surface area contributed by atoms with Gasteiger partial charge in [0.15, 0.2) is 0 Å². The normalized spacial score (nSPS) is 15.5.